The van der Waals surface area contributed by atoms with Gasteiger partial charge in [0.05, 0.1) is 6.04 Å². The normalized spacial score (nSPS) is 17.7. The van der Waals surface area contributed by atoms with Crippen LogP contribution in [0.15, 0.2) is 42.6 Å². The van der Waals surface area contributed by atoms with Crippen LogP contribution in [0.2, 0.25) is 0 Å². The molecule has 1 N–H and O–H groups in total. The molecule has 1 aliphatic rings. The zero-order valence-corrected chi connectivity index (χ0v) is 13.1. The molecule has 120 valence electrons. The molecule has 0 bridgehead atoms. The Kier molecular flexibility index (Phi) is 4.67. The number of likely N-dealkylation sites (tertiary alicyclic amines) is 1. The number of nitrogens with one attached hydrogen (secondary N) is 1. The van der Waals surface area contributed by atoms with Crippen LogP contribution in [0.4, 0.5) is 4.39 Å². The molecule has 1 aromatic heterocycles. The van der Waals surface area contributed by atoms with E-state index in [1.54, 1.807) is 18.3 Å². The van der Waals surface area contributed by atoms with E-state index >= 15 is 0 Å². The van der Waals surface area contributed by atoms with Crippen molar-refractivity contribution in [1.29, 1.82) is 0 Å². The second-order valence-corrected chi connectivity index (χ2v) is 5.86. The monoisotopic (exact) mass is 313 g/mol. The van der Waals surface area contributed by atoms with Crippen LogP contribution < -0.4 is 5.32 Å². The highest BCUT2D eigenvalue weighted by Crippen LogP contribution is 2.16. The smallest absolute Gasteiger partial charge is 0.240 e. The summed E-state index contributed by atoms with van der Waals surface area (Å²) >= 11 is 0. The van der Waals surface area contributed by atoms with Crippen LogP contribution in [-0.2, 0) is 17.9 Å². The minimum absolute atomic E-state index is 0.107. The van der Waals surface area contributed by atoms with E-state index in [0.717, 1.165) is 29.8 Å². The Morgan fingerprint density at radius 3 is 2.83 bits per heavy atom. The maximum absolute atomic E-state index is 12.9. The molecule has 23 heavy (non-hydrogen) atoms. The van der Waals surface area contributed by atoms with Gasteiger partial charge in [0, 0.05) is 31.5 Å². The lowest BCUT2D eigenvalue weighted by Crippen LogP contribution is -2.37. The average molecular weight is 313 g/mol. The summed E-state index contributed by atoms with van der Waals surface area (Å²) in [6.07, 6.45) is 2.56. The third kappa shape index (κ3) is 3.74. The minimum atomic E-state index is -0.257. The summed E-state index contributed by atoms with van der Waals surface area (Å²) in [6, 6.07) is 10.1. The molecule has 0 radical (unpaired) electrons. The topological polar surface area (TPSA) is 45.2 Å². The second-order valence-electron chi connectivity index (χ2n) is 5.86. The molecular weight excluding hydrogens is 293 g/mol. The van der Waals surface area contributed by atoms with Crippen molar-refractivity contribution in [3.05, 3.63) is 65.2 Å². The van der Waals surface area contributed by atoms with Gasteiger partial charge in [0.15, 0.2) is 0 Å². The number of hydrogen-bond donors (Lipinski definition) is 1. The number of hydrogen-bond acceptors (Lipinski definition) is 3. The number of aromatic nitrogens is 1. The number of carbonyl (C=O) groups is 1. The Morgan fingerprint density at radius 2 is 2.09 bits per heavy atom. The quantitative estimate of drug-likeness (QED) is 0.922. The highest BCUT2D eigenvalue weighted by molar-refractivity contribution is 5.83. The number of benzene rings is 1. The van der Waals surface area contributed by atoms with Gasteiger partial charge in [-0.05, 0) is 42.7 Å². The summed E-state index contributed by atoms with van der Waals surface area (Å²) in [5.41, 5.74) is 3.04. The number of carbonyl (C=O) groups excluding carboxylic acids is 1. The van der Waals surface area contributed by atoms with E-state index in [1.807, 2.05) is 24.0 Å². The van der Waals surface area contributed by atoms with Gasteiger partial charge in [-0.2, -0.15) is 0 Å². The third-order valence-electron chi connectivity index (χ3n) is 4.24. The molecule has 0 spiro atoms. The van der Waals surface area contributed by atoms with Crippen LogP contribution >= 0.6 is 0 Å². The molecule has 1 saturated heterocycles. The van der Waals surface area contributed by atoms with Crippen molar-refractivity contribution in [2.75, 3.05) is 6.54 Å². The van der Waals surface area contributed by atoms with Gasteiger partial charge in [0.25, 0.3) is 0 Å². The van der Waals surface area contributed by atoms with Crippen molar-refractivity contribution >= 4 is 5.91 Å². The van der Waals surface area contributed by atoms with Crippen LogP contribution in [0.3, 0.4) is 0 Å². The number of pyridine rings is 1. The Balaban J connectivity index is 1.56. The summed E-state index contributed by atoms with van der Waals surface area (Å²) in [7, 11) is 0. The van der Waals surface area contributed by atoms with Crippen LogP contribution in [0.25, 0.3) is 0 Å². The molecular formula is C18H20FN3O. The molecule has 5 heteroatoms. The van der Waals surface area contributed by atoms with Gasteiger partial charge in [0.2, 0.25) is 5.91 Å². The third-order valence-corrected chi connectivity index (χ3v) is 4.24. The highest BCUT2D eigenvalue weighted by Gasteiger charge is 2.31. The summed E-state index contributed by atoms with van der Waals surface area (Å²) in [5.74, 6) is -0.149. The number of nitrogens with zero attached hydrogens (tertiary/aromatic N) is 2. The van der Waals surface area contributed by atoms with Crippen molar-refractivity contribution in [3.8, 4) is 0 Å². The fraction of sp³-hybridized carbons (Fsp3) is 0.333. The van der Waals surface area contributed by atoms with Gasteiger partial charge in [0.1, 0.15) is 5.82 Å². The Labute approximate surface area is 135 Å². The first kappa shape index (κ1) is 15.6. The van der Waals surface area contributed by atoms with Crippen molar-refractivity contribution in [1.82, 2.24) is 15.2 Å². The predicted octanol–water partition coefficient (Wildman–Crippen LogP) is 2.42. The number of aryl methyl sites for hydroxylation is 1. The van der Waals surface area contributed by atoms with Crippen LogP contribution in [0.5, 0.6) is 0 Å². The van der Waals surface area contributed by atoms with Crippen molar-refractivity contribution < 1.29 is 9.18 Å². The van der Waals surface area contributed by atoms with E-state index in [4.69, 9.17) is 0 Å². The molecule has 0 aliphatic carbocycles. The first-order valence-corrected chi connectivity index (χ1v) is 7.80. The molecule has 2 heterocycles. The molecule has 1 unspecified atom stereocenters. The molecule has 1 amide bonds. The van der Waals surface area contributed by atoms with Gasteiger partial charge in [-0.3, -0.25) is 9.78 Å². The van der Waals surface area contributed by atoms with Gasteiger partial charge in [-0.1, -0.05) is 18.2 Å². The standard InChI is InChI=1S/C18H20FN3O/c1-13-15(3-2-9-20-13)11-21-17-8-10-22(18(17)23)12-14-4-6-16(19)7-5-14/h2-7,9,17,21H,8,10-12H2,1H3. The van der Waals surface area contributed by atoms with Crippen molar-refractivity contribution in [3.63, 3.8) is 0 Å². The lowest BCUT2D eigenvalue weighted by molar-refractivity contribution is -0.129. The van der Waals surface area contributed by atoms with Crippen LogP contribution in [-0.4, -0.2) is 28.4 Å². The summed E-state index contributed by atoms with van der Waals surface area (Å²) < 4.78 is 12.9. The van der Waals surface area contributed by atoms with Crippen LogP contribution in [0.1, 0.15) is 23.2 Å². The average Bonchev–Trinajstić information content (AvgIpc) is 2.89. The lowest BCUT2D eigenvalue weighted by Gasteiger charge is -2.17. The Bertz CT molecular complexity index is 687. The Morgan fingerprint density at radius 1 is 1.30 bits per heavy atom. The summed E-state index contributed by atoms with van der Waals surface area (Å²) in [4.78, 5) is 18.5. The van der Waals surface area contributed by atoms with Gasteiger partial charge in [-0.15, -0.1) is 0 Å². The first-order valence-electron chi connectivity index (χ1n) is 7.80. The summed E-state index contributed by atoms with van der Waals surface area (Å²) in [5, 5.41) is 3.32. The van der Waals surface area contributed by atoms with Gasteiger partial charge < -0.3 is 10.2 Å². The van der Waals surface area contributed by atoms with Crippen LogP contribution in [0, 0.1) is 12.7 Å². The number of rotatable bonds is 5. The van der Waals surface area contributed by atoms with E-state index in [1.165, 1.54) is 12.1 Å². The molecule has 1 fully saturated rings. The summed E-state index contributed by atoms with van der Waals surface area (Å²) in [6.45, 7) is 3.86. The van der Waals surface area contributed by atoms with E-state index in [2.05, 4.69) is 10.3 Å². The predicted molar refractivity (Wildman–Crippen MR) is 86.0 cm³/mol. The number of amides is 1. The SMILES string of the molecule is Cc1ncccc1CNC1CCN(Cc2ccc(F)cc2)C1=O. The van der Waals surface area contributed by atoms with E-state index in [-0.39, 0.29) is 17.8 Å². The Hall–Kier alpha value is -2.27. The van der Waals surface area contributed by atoms with E-state index < -0.39 is 0 Å². The van der Waals surface area contributed by atoms with Crippen molar-refractivity contribution in [2.24, 2.45) is 0 Å². The van der Waals surface area contributed by atoms with Crippen molar-refractivity contribution in [2.45, 2.75) is 32.5 Å². The maximum Gasteiger partial charge on any atom is 0.240 e. The zero-order valence-electron chi connectivity index (χ0n) is 13.1. The molecule has 1 aliphatic heterocycles. The highest BCUT2D eigenvalue weighted by atomic mass is 19.1. The molecule has 0 saturated carbocycles. The second kappa shape index (κ2) is 6.87. The maximum atomic E-state index is 12.9. The van der Waals surface area contributed by atoms with Gasteiger partial charge >= 0.3 is 0 Å². The molecule has 1 aromatic carbocycles. The number of halogens is 1. The molecule has 3 rings (SSSR count). The first-order chi connectivity index (χ1) is 11.1. The zero-order chi connectivity index (χ0) is 16.2. The fourth-order valence-electron chi connectivity index (χ4n) is 2.83. The molecule has 4 nitrogen and oxygen atoms in total. The van der Waals surface area contributed by atoms with E-state index in [0.29, 0.717) is 13.1 Å². The minimum Gasteiger partial charge on any atom is -0.337 e. The fourth-order valence-corrected chi connectivity index (χ4v) is 2.83. The lowest BCUT2D eigenvalue weighted by atomic mass is 10.2. The molecule has 1 atom stereocenters. The molecule has 2 aromatic rings. The largest absolute Gasteiger partial charge is 0.337 e. The van der Waals surface area contributed by atoms with Gasteiger partial charge in [-0.25, -0.2) is 4.39 Å². The van der Waals surface area contributed by atoms with E-state index in [9.17, 15) is 9.18 Å².